The number of esters is 1. The SMILES string of the molecule is CCOC(=O)c1cn(C2CC2)nc1I. The molecule has 1 aliphatic carbocycles. The van der Waals surface area contributed by atoms with E-state index < -0.39 is 0 Å². The van der Waals surface area contributed by atoms with Gasteiger partial charge in [-0.2, -0.15) is 5.10 Å². The largest absolute Gasteiger partial charge is 0.462 e. The molecule has 0 aromatic carbocycles. The van der Waals surface area contributed by atoms with E-state index in [1.54, 1.807) is 13.1 Å². The number of nitrogens with zero attached hydrogens (tertiary/aromatic N) is 2. The standard InChI is InChI=1S/C9H11IN2O2/c1-2-14-9(13)7-5-12(6-3-4-6)11-8(7)10/h5-6H,2-4H2,1H3. The maximum Gasteiger partial charge on any atom is 0.342 e. The molecule has 2 rings (SSSR count). The summed E-state index contributed by atoms with van der Waals surface area (Å²) in [6.07, 6.45) is 4.12. The van der Waals surface area contributed by atoms with Gasteiger partial charge in [0, 0.05) is 6.20 Å². The summed E-state index contributed by atoms with van der Waals surface area (Å²) in [5.41, 5.74) is 0.583. The van der Waals surface area contributed by atoms with Gasteiger partial charge >= 0.3 is 5.97 Å². The molecule has 0 N–H and O–H groups in total. The number of aromatic nitrogens is 2. The van der Waals surface area contributed by atoms with Gasteiger partial charge in [-0.05, 0) is 42.4 Å². The van der Waals surface area contributed by atoms with Crippen molar-refractivity contribution in [3.63, 3.8) is 0 Å². The Kier molecular flexibility index (Phi) is 2.76. The molecular formula is C9H11IN2O2. The minimum absolute atomic E-state index is 0.274. The van der Waals surface area contributed by atoms with Crippen molar-refractivity contribution < 1.29 is 9.53 Å². The van der Waals surface area contributed by atoms with E-state index in [9.17, 15) is 4.79 Å². The van der Waals surface area contributed by atoms with Gasteiger partial charge in [0.25, 0.3) is 0 Å². The molecule has 0 spiro atoms. The second-order valence-corrected chi connectivity index (χ2v) is 4.29. The number of hydrogen-bond acceptors (Lipinski definition) is 3. The molecule has 1 heterocycles. The quantitative estimate of drug-likeness (QED) is 0.634. The Hall–Kier alpha value is -0.590. The third kappa shape index (κ3) is 1.92. The van der Waals surface area contributed by atoms with Gasteiger partial charge in [-0.25, -0.2) is 4.79 Å². The van der Waals surface area contributed by atoms with Gasteiger partial charge in [-0.15, -0.1) is 0 Å². The maximum atomic E-state index is 11.4. The van der Waals surface area contributed by atoms with Crippen LogP contribution < -0.4 is 0 Å². The molecule has 0 amide bonds. The highest BCUT2D eigenvalue weighted by molar-refractivity contribution is 14.1. The third-order valence-electron chi connectivity index (χ3n) is 2.10. The number of carbonyl (C=O) groups excluding carboxylic acids is 1. The molecule has 0 radical (unpaired) electrons. The van der Waals surface area contributed by atoms with Crippen LogP contribution in [0.2, 0.25) is 0 Å². The lowest BCUT2D eigenvalue weighted by molar-refractivity contribution is 0.0525. The van der Waals surface area contributed by atoms with Gasteiger partial charge in [-0.1, -0.05) is 0 Å². The van der Waals surface area contributed by atoms with Crippen LogP contribution in [0.4, 0.5) is 0 Å². The fraction of sp³-hybridized carbons (Fsp3) is 0.556. The fourth-order valence-electron chi connectivity index (χ4n) is 1.24. The third-order valence-corrected chi connectivity index (χ3v) is 2.90. The number of carbonyl (C=O) groups is 1. The lowest BCUT2D eigenvalue weighted by Crippen LogP contribution is -2.04. The minimum Gasteiger partial charge on any atom is -0.462 e. The molecule has 0 aliphatic heterocycles. The van der Waals surface area contributed by atoms with E-state index in [2.05, 4.69) is 27.7 Å². The van der Waals surface area contributed by atoms with E-state index in [0.29, 0.717) is 18.2 Å². The highest BCUT2D eigenvalue weighted by atomic mass is 127. The zero-order chi connectivity index (χ0) is 10.1. The van der Waals surface area contributed by atoms with Crippen LogP contribution in [-0.2, 0) is 4.74 Å². The van der Waals surface area contributed by atoms with E-state index in [-0.39, 0.29) is 5.97 Å². The Morgan fingerprint density at radius 3 is 3.07 bits per heavy atom. The van der Waals surface area contributed by atoms with Gasteiger partial charge in [0.2, 0.25) is 0 Å². The number of halogens is 1. The van der Waals surface area contributed by atoms with Crippen LogP contribution in [0, 0.1) is 3.70 Å². The predicted octanol–water partition coefficient (Wildman–Crippen LogP) is 2.00. The van der Waals surface area contributed by atoms with Gasteiger partial charge < -0.3 is 4.74 Å². The molecule has 0 saturated heterocycles. The van der Waals surface area contributed by atoms with Crippen molar-refractivity contribution in [2.45, 2.75) is 25.8 Å². The number of rotatable bonds is 3. The number of ether oxygens (including phenoxy) is 1. The van der Waals surface area contributed by atoms with E-state index >= 15 is 0 Å². The first-order chi connectivity index (χ1) is 6.72. The van der Waals surface area contributed by atoms with Crippen molar-refractivity contribution >= 4 is 28.6 Å². The van der Waals surface area contributed by atoms with Crippen LogP contribution >= 0.6 is 22.6 Å². The van der Waals surface area contributed by atoms with Gasteiger partial charge in [-0.3, -0.25) is 4.68 Å². The molecule has 14 heavy (non-hydrogen) atoms. The van der Waals surface area contributed by atoms with Crippen LogP contribution in [-0.4, -0.2) is 22.4 Å². The predicted molar refractivity (Wildman–Crippen MR) is 59.2 cm³/mol. The zero-order valence-corrected chi connectivity index (χ0v) is 10.0. The molecular weight excluding hydrogens is 295 g/mol. The monoisotopic (exact) mass is 306 g/mol. The Morgan fingerprint density at radius 2 is 2.50 bits per heavy atom. The van der Waals surface area contributed by atoms with E-state index in [0.717, 1.165) is 3.70 Å². The normalized spacial score (nSPS) is 15.6. The highest BCUT2D eigenvalue weighted by Gasteiger charge is 2.27. The van der Waals surface area contributed by atoms with Crippen molar-refractivity contribution in [3.8, 4) is 0 Å². The van der Waals surface area contributed by atoms with Crippen LogP contribution in [0.25, 0.3) is 0 Å². The lowest BCUT2D eigenvalue weighted by atomic mass is 10.4. The molecule has 0 unspecified atom stereocenters. The average Bonchev–Trinajstić information content (AvgIpc) is 2.91. The summed E-state index contributed by atoms with van der Waals surface area (Å²) < 4.78 is 7.52. The van der Waals surface area contributed by atoms with Gasteiger partial charge in [0.15, 0.2) is 0 Å². The first-order valence-corrected chi connectivity index (χ1v) is 5.72. The van der Waals surface area contributed by atoms with Crippen LogP contribution in [0.5, 0.6) is 0 Å². The lowest BCUT2D eigenvalue weighted by Gasteiger charge is -1.97. The topological polar surface area (TPSA) is 44.1 Å². The van der Waals surface area contributed by atoms with Gasteiger partial charge in [0.1, 0.15) is 9.26 Å². The molecule has 1 aromatic rings. The first-order valence-electron chi connectivity index (χ1n) is 4.64. The second-order valence-electron chi connectivity index (χ2n) is 3.27. The van der Waals surface area contributed by atoms with Crippen molar-refractivity contribution in [2.24, 2.45) is 0 Å². The van der Waals surface area contributed by atoms with Crippen molar-refractivity contribution in [1.29, 1.82) is 0 Å². The van der Waals surface area contributed by atoms with E-state index in [4.69, 9.17) is 4.74 Å². The van der Waals surface area contributed by atoms with Crippen LogP contribution in [0.1, 0.15) is 36.2 Å². The van der Waals surface area contributed by atoms with Crippen LogP contribution in [0.3, 0.4) is 0 Å². The molecule has 1 aromatic heterocycles. The Morgan fingerprint density at radius 1 is 1.79 bits per heavy atom. The zero-order valence-electron chi connectivity index (χ0n) is 7.86. The van der Waals surface area contributed by atoms with Crippen molar-refractivity contribution in [2.75, 3.05) is 6.61 Å². The summed E-state index contributed by atoms with van der Waals surface area (Å²) in [6.45, 7) is 2.21. The van der Waals surface area contributed by atoms with Crippen molar-refractivity contribution in [1.82, 2.24) is 9.78 Å². The molecule has 5 heteroatoms. The first kappa shape index (κ1) is 9.95. The molecule has 1 fully saturated rings. The molecule has 0 bridgehead atoms. The Balaban J connectivity index is 2.19. The van der Waals surface area contributed by atoms with E-state index in [1.807, 2.05) is 4.68 Å². The summed E-state index contributed by atoms with van der Waals surface area (Å²) in [4.78, 5) is 11.4. The highest BCUT2D eigenvalue weighted by Crippen LogP contribution is 2.34. The fourth-order valence-corrected chi connectivity index (χ4v) is 1.85. The maximum absolute atomic E-state index is 11.4. The summed E-state index contributed by atoms with van der Waals surface area (Å²) in [6, 6.07) is 0.506. The van der Waals surface area contributed by atoms with E-state index in [1.165, 1.54) is 12.8 Å². The summed E-state index contributed by atoms with van der Waals surface area (Å²) in [5.74, 6) is -0.274. The Labute approximate surface area is 95.8 Å². The summed E-state index contributed by atoms with van der Waals surface area (Å²) in [7, 11) is 0. The molecule has 1 saturated carbocycles. The van der Waals surface area contributed by atoms with Gasteiger partial charge in [0.05, 0.1) is 12.6 Å². The van der Waals surface area contributed by atoms with Crippen LogP contribution in [0.15, 0.2) is 6.20 Å². The molecule has 4 nitrogen and oxygen atoms in total. The molecule has 1 aliphatic rings. The molecule has 0 atom stereocenters. The summed E-state index contributed by atoms with van der Waals surface area (Å²) in [5, 5.41) is 4.28. The number of hydrogen-bond donors (Lipinski definition) is 0. The average molecular weight is 306 g/mol. The second kappa shape index (κ2) is 3.88. The Bertz CT molecular complexity index is 358. The summed E-state index contributed by atoms with van der Waals surface area (Å²) >= 11 is 2.06. The molecule has 76 valence electrons. The smallest absolute Gasteiger partial charge is 0.342 e. The van der Waals surface area contributed by atoms with Crippen molar-refractivity contribution in [3.05, 3.63) is 15.5 Å². The minimum atomic E-state index is -0.274.